The van der Waals surface area contributed by atoms with E-state index in [0.29, 0.717) is 0 Å². The third-order valence-electron chi connectivity index (χ3n) is 5.40. The van der Waals surface area contributed by atoms with E-state index in [9.17, 15) is 0 Å². The Morgan fingerprint density at radius 1 is 0.710 bits per heavy atom. The summed E-state index contributed by atoms with van der Waals surface area (Å²) in [6, 6.07) is 29.9. The maximum Gasteiger partial charge on any atom is 0.137 e. The predicted octanol–water partition coefficient (Wildman–Crippen LogP) is 6.33. The summed E-state index contributed by atoms with van der Waals surface area (Å²) in [7, 11) is 0. The largest absolute Gasteiger partial charge is 0.347 e. The van der Waals surface area contributed by atoms with Crippen molar-refractivity contribution in [2.75, 3.05) is 4.90 Å². The minimum Gasteiger partial charge on any atom is -0.347 e. The smallest absolute Gasteiger partial charge is 0.137 e. The van der Waals surface area contributed by atoms with Gasteiger partial charge in [0.25, 0.3) is 0 Å². The maximum absolute atomic E-state index is 4.99. The molecule has 0 amide bonds. The van der Waals surface area contributed by atoms with E-state index in [1.807, 2.05) is 6.20 Å². The van der Waals surface area contributed by atoms with Crippen LogP contribution in [0.2, 0.25) is 0 Å². The highest BCUT2D eigenvalue weighted by molar-refractivity contribution is 5.94. The predicted molar refractivity (Wildman–Crippen MR) is 131 cm³/mol. The molecule has 0 spiro atoms. The standard InChI is InChI=1S/C28H31N3/c1-28(2,3)30-19-24-18-29-27(26-17-11-10-16-25(24)26)31(20-22-12-6-4-7-13-22)21-23-14-8-5-9-15-23/h4-18,30H,19-21H2,1-3H3. The van der Waals surface area contributed by atoms with Crippen molar-refractivity contribution < 1.29 is 0 Å². The Bertz CT molecular complexity index is 1070. The van der Waals surface area contributed by atoms with Gasteiger partial charge in [-0.3, -0.25) is 0 Å². The Morgan fingerprint density at radius 2 is 1.23 bits per heavy atom. The lowest BCUT2D eigenvalue weighted by atomic mass is 10.0. The quantitative estimate of drug-likeness (QED) is 0.386. The van der Waals surface area contributed by atoms with Crippen LogP contribution in [0, 0.1) is 0 Å². The molecule has 158 valence electrons. The monoisotopic (exact) mass is 409 g/mol. The minimum absolute atomic E-state index is 0.0619. The highest BCUT2D eigenvalue weighted by Gasteiger charge is 2.16. The van der Waals surface area contributed by atoms with Crippen LogP contribution in [-0.2, 0) is 19.6 Å². The molecule has 4 aromatic rings. The van der Waals surface area contributed by atoms with Crippen molar-refractivity contribution in [2.45, 2.75) is 45.9 Å². The van der Waals surface area contributed by atoms with Crippen LogP contribution in [0.3, 0.4) is 0 Å². The third kappa shape index (κ3) is 5.50. The van der Waals surface area contributed by atoms with Gasteiger partial charge in [0.15, 0.2) is 0 Å². The number of anilines is 1. The molecule has 0 aliphatic rings. The number of hydrogen-bond acceptors (Lipinski definition) is 3. The molecule has 0 radical (unpaired) electrons. The number of pyridine rings is 1. The van der Waals surface area contributed by atoms with Crippen molar-refractivity contribution >= 4 is 16.6 Å². The van der Waals surface area contributed by atoms with E-state index in [1.165, 1.54) is 27.5 Å². The van der Waals surface area contributed by atoms with Gasteiger partial charge in [-0.15, -0.1) is 0 Å². The lowest BCUT2D eigenvalue weighted by Crippen LogP contribution is -2.35. The summed E-state index contributed by atoms with van der Waals surface area (Å²) in [6.45, 7) is 9.00. The number of aromatic nitrogens is 1. The van der Waals surface area contributed by atoms with Gasteiger partial charge < -0.3 is 10.2 Å². The van der Waals surface area contributed by atoms with Gasteiger partial charge in [-0.1, -0.05) is 84.9 Å². The summed E-state index contributed by atoms with van der Waals surface area (Å²) in [5, 5.41) is 6.06. The SMILES string of the molecule is CC(C)(C)NCc1cnc(N(Cc2ccccc2)Cc2ccccc2)c2ccccc12. The van der Waals surface area contributed by atoms with Gasteiger partial charge in [-0.2, -0.15) is 0 Å². The fourth-order valence-electron chi connectivity index (χ4n) is 3.80. The molecule has 3 aromatic carbocycles. The van der Waals surface area contributed by atoms with Crippen molar-refractivity contribution in [3.05, 3.63) is 108 Å². The fourth-order valence-corrected chi connectivity index (χ4v) is 3.80. The number of fused-ring (bicyclic) bond motifs is 1. The second kappa shape index (κ2) is 9.32. The summed E-state index contributed by atoms with van der Waals surface area (Å²) < 4.78 is 0. The van der Waals surface area contributed by atoms with E-state index in [2.05, 4.69) is 116 Å². The van der Waals surface area contributed by atoms with E-state index in [-0.39, 0.29) is 5.54 Å². The summed E-state index contributed by atoms with van der Waals surface area (Å²) >= 11 is 0. The first kappa shape index (κ1) is 21.1. The van der Waals surface area contributed by atoms with Crippen LogP contribution in [0.4, 0.5) is 5.82 Å². The molecule has 0 aliphatic carbocycles. The van der Waals surface area contributed by atoms with Crippen LogP contribution in [0.5, 0.6) is 0 Å². The molecular formula is C28H31N3. The normalized spacial score (nSPS) is 11.6. The van der Waals surface area contributed by atoms with E-state index in [4.69, 9.17) is 4.98 Å². The molecule has 1 heterocycles. The number of nitrogens with zero attached hydrogens (tertiary/aromatic N) is 2. The van der Waals surface area contributed by atoms with Crippen molar-refractivity contribution in [3.8, 4) is 0 Å². The molecule has 0 saturated heterocycles. The second-order valence-electron chi connectivity index (χ2n) is 9.08. The van der Waals surface area contributed by atoms with Crippen LogP contribution < -0.4 is 10.2 Å². The Balaban J connectivity index is 1.74. The molecule has 0 unspecified atom stereocenters. The molecule has 0 fully saturated rings. The molecule has 3 heteroatoms. The third-order valence-corrected chi connectivity index (χ3v) is 5.40. The molecule has 1 aromatic heterocycles. The van der Waals surface area contributed by atoms with Crippen LogP contribution in [0.1, 0.15) is 37.5 Å². The van der Waals surface area contributed by atoms with Gasteiger partial charge >= 0.3 is 0 Å². The van der Waals surface area contributed by atoms with E-state index in [0.717, 1.165) is 25.5 Å². The van der Waals surface area contributed by atoms with Crippen LogP contribution in [0.25, 0.3) is 10.8 Å². The topological polar surface area (TPSA) is 28.2 Å². The zero-order valence-electron chi connectivity index (χ0n) is 18.7. The number of benzene rings is 3. The number of rotatable bonds is 7. The minimum atomic E-state index is 0.0619. The molecule has 4 rings (SSSR count). The Morgan fingerprint density at radius 3 is 1.77 bits per heavy atom. The zero-order chi connectivity index (χ0) is 21.7. The Labute approximate surface area is 185 Å². The van der Waals surface area contributed by atoms with Crippen molar-refractivity contribution in [3.63, 3.8) is 0 Å². The lowest BCUT2D eigenvalue weighted by molar-refractivity contribution is 0.425. The van der Waals surface area contributed by atoms with Gasteiger partial charge in [-0.05, 0) is 42.8 Å². The average Bonchev–Trinajstić information content (AvgIpc) is 2.78. The second-order valence-corrected chi connectivity index (χ2v) is 9.08. The molecule has 3 nitrogen and oxygen atoms in total. The van der Waals surface area contributed by atoms with E-state index >= 15 is 0 Å². The van der Waals surface area contributed by atoms with E-state index in [1.54, 1.807) is 0 Å². The first-order valence-electron chi connectivity index (χ1n) is 10.9. The zero-order valence-corrected chi connectivity index (χ0v) is 18.7. The van der Waals surface area contributed by atoms with E-state index < -0.39 is 0 Å². The summed E-state index contributed by atoms with van der Waals surface area (Å²) in [6.07, 6.45) is 2.04. The number of hydrogen-bond donors (Lipinski definition) is 1. The fraction of sp³-hybridized carbons (Fsp3) is 0.250. The Hall–Kier alpha value is -3.17. The number of nitrogens with one attached hydrogen (secondary N) is 1. The van der Waals surface area contributed by atoms with Gasteiger partial charge in [0, 0.05) is 36.8 Å². The van der Waals surface area contributed by atoms with Gasteiger partial charge in [0.2, 0.25) is 0 Å². The first-order chi connectivity index (χ1) is 15.0. The molecule has 0 bridgehead atoms. The van der Waals surface area contributed by atoms with Gasteiger partial charge in [0.1, 0.15) is 5.82 Å². The highest BCUT2D eigenvalue weighted by Crippen LogP contribution is 2.29. The molecule has 0 saturated carbocycles. The van der Waals surface area contributed by atoms with Crippen LogP contribution in [-0.4, -0.2) is 10.5 Å². The highest BCUT2D eigenvalue weighted by atomic mass is 15.2. The van der Waals surface area contributed by atoms with Crippen LogP contribution >= 0.6 is 0 Å². The maximum atomic E-state index is 4.99. The van der Waals surface area contributed by atoms with Crippen molar-refractivity contribution in [1.82, 2.24) is 10.3 Å². The molecule has 1 N–H and O–H groups in total. The van der Waals surface area contributed by atoms with Crippen LogP contribution in [0.15, 0.2) is 91.1 Å². The van der Waals surface area contributed by atoms with Crippen molar-refractivity contribution in [2.24, 2.45) is 0 Å². The molecular weight excluding hydrogens is 378 g/mol. The molecule has 0 aliphatic heterocycles. The molecule has 31 heavy (non-hydrogen) atoms. The molecule has 0 atom stereocenters. The summed E-state index contributed by atoms with van der Waals surface area (Å²) in [5.41, 5.74) is 3.85. The first-order valence-corrected chi connectivity index (χ1v) is 10.9. The summed E-state index contributed by atoms with van der Waals surface area (Å²) in [5.74, 6) is 1.03. The lowest BCUT2D eigenvalue weighted by Gasteiger charge is -2.27. The summed E-state index contributed by atoms with van der Waals surface area (Å²) in [4.78, 5) is 7.37. The van der Waals surface area contributed by atoms with Gasteiger partial charge in [-0.25, -0.2) is 4.98 Å². The Kier molecular flexibility index (Phi) is 6.34. The average molecular weight is 410 g/mol. The van der Waals surface area contributed by atoms with Gasteiger partial charge in [0.05, 0.1) is 0 Å². The van der Waals surface area contributed by atoms with Crippen molar-refractivity contribution in [1.29, 1.82) is 0 Å².